The standard InChI is InChI=1S/C6H11IO/c1-2-3-6(7)4-5-8/h4,8H,2-3,5H2,1H3. The second-order valence-electron chi connectivity index (χ2n) is 1.58. The Labute approximate surface area is 63.9 Å². The number of aliphatic hydroxyl groups excluding tert-OH is 1. The van der Waals surface area contributed by atoms with Crippen molar-refractivity contribution in [1.29, 1.82) is 0 Å². The summed E-state index contributed by atoms with van der Waals surface area (Å²) in [6.07, 6.45) is 4.10. The molecule has 0 radical (unpaired) electrons. The maximum atomic E-state index is 8.38. The van der Waals surface area contributed by atoms with E-state index in [9.17, 15) is 0 Å². The highest BCUT2D eigenvalue weighted by molar-refractivity contribution is 14.1. The molecule has 0 unspecified atom stereocenters. The van der Waals surface area contributed by atoms with E-state index in [4.69, 9.17) is 5.11 Å². The fourth-order valence-corrected chi connectivity index (χ4v) is 1.18. The summed E-state index contributed by atoms with van der Waals surface area (Å²) in [5.41, 5.74) is 0. The molecule has 0 atom stereocenters. The molecule has 0 rings (SSSR count). The Bertz CT molecular complexity index is 78.6. The predicted octanol–water partition coefficient (Wildman–Crippen LogP) is 2.10. The lowest BCUT2D eigenvalue weighted by Crippen LogP contribution is -1.75. The van der Waals surface area contributed by atoms with Gasteiger partial charge in [0.2, 0.25) is 0 Å². The minimum absolute atomic E-state index is 0.179. The van der Waals surface area contributed by atoms with Crippen molar-refractivity contribution in [1.82, 2.24) is 0 Å². The number of aliphatic hydroxyl groups is 1. The summed E-state index contributed by atoms with van der Waals surface area (Å²) in [4.78, 5) is 0. The van der Waals surface area contributed by atoms with Gasteiger partial charge in [-0.05, 0) is 38.7 Å². The quantitative estimate of drug-likeness (QED) is 0.730. The molecule has 0 amide bonds. The minimum Gasteiger partial charge on any atom is -0.392 e. The molecule has 48 valence electrons. The van der Waals surface area contributed by atoms with E-state index in [1.807, 2.05) is 6.08 Å². The highest BCUT2D eigenvalue weighted by atomic mass is 127. The second-order valence-corrected chi connectivity index (χ2v) is 2.97. The molecule has 0 aliphatic carbocycles. The molecule has 0 fully saturated rings. The third-order valence-electron chi connectivity index (χ3n) is 0.802. The first kappa shape index (κ1) is 8.43. The van der Waals surface area contributed by atoms with Crippen molar-refractivity contribution in [3.8, 4) is 0 Å². The van der Waals surface area contributed by atoms with Gasteiger partial charge in [-0.2, -0.15) is 0 Å². The molecule has 0 aromatic rings. The molecule has 0 aromatic heterocycles. The lowest BCUT2D eigenvalue weighted by atomic mass is 10.3. The molecule has 0 bridgehead atoms. The Morgan fingerprint density at radius 2 is 2.38 bits per heavy atom. The molecule has 0 aliphatic heterocycles. The van der Waals surface area contributed by atoms with E-state index in [1.165, 1.54) is 3.58 Å². The SMILES string of the molecule is CCCC(I)=CCO. The normalized spacial score (nSPS) is 12.1. The topological polar surface area (TPSA) is 20.2 Å². The molecule has 8 heavy (non-hydrogen) atoms. The van der Waals surface area contributed by atoms with Gasteiger partial charge in [0.25, 0.3) is 0 Å². The number of rotatable bonds is 3. The van der Waals surface area contributed by atoms with Gasteiger partial charge in [-0.15, -0.1) is 0 Å². The lowest BCUT2D eigenvalue weighted by Gasteiger charge is -1.90. The van der Waals surface area contributed by atoms with Crippen LogP contribution in [0.1, 0.15) is 19.8 Å². The second kappa shape index (κ2) is 5.56. The van der Waals surface area contributed by atoms with Crippen LogP contribution in [0.2, 0.25) is 0 Å². The van der Waals surface area contributed by atoms with Gasteiger partial charge < -0.3 is 5.11 Å². The highest BCUT2D eigenvalue weighted by Crippen LogP contribution is 2.11. The predicted molar refractivity (Wildman–Crippen MR) is 44.1 cm³/mol. The summed E-state index contributed by atoms with van der Waals surface area (Å²) in [6, 6.07) is 0. The maximum Gasteiger partial charge on any atom is 0.0622 e. The van der Waals surface area contributed by atoms with Crippen molar-refractivity contribution >= 4 is 22.6 Å². The monoisotopic (exact) mass is 226 g/mol. The van der Waals surface area contributed by atoms with Crippen LogP contribution in [0.4, 0.5) is 0 Å². The van der Waals surface area contributed by atoms with Crippen LogP contribution in [0.15, 0.2) is 9.66 Å². The van der Waals surface area contributed by atoms with Crippen LogP contribution in [0, 0.1) is 0 Å². The molecule has 0 saturated carbocycles. The van der Waals surface area contributed by atoms with Crippen molar-refractivity contribution in [2.75, 3.05) is 6.61 Å². The van der Waals surface area contributed by atoms with Gasteiger partial charge in [0.15, 0.2) is 0 Å². The zero-order chi connectivity index (χ0) is 6.41. The van der Waals surface area contributed by atoms with E-state index >= 15 is 0 Å². The van der Waals surface area contributed by atoms with Gasteiger partial charge in [0.1, 0.15) is 0 Å². The first-order valence-corrected chi connectivity index (χ1v) is 3.84. The van der Waals surface area contributed by atoms with Crippen molar-refractivity contribution in [2.45, 2.75) is 19.8 Å². The Morgan fingerprint density at radius 1 is 1.75 bits per heavy atom. The number of allylic oxidation sites excluding steroid dienone is 1. The van der Waals surface area contributed by atoms with Crippen LogP contribution in [0.25, 0.3) is 0 Å². The molecule has 1 nitrogen and oxygen atoms in total. The molecule has 0 aliphatic rings. The fraction of sp³-hybridized carbons (Fsp3) is 0.667. The smallest absolute Gasteiger partial charge is 0.0622 e. The maximum absolute atomic E-state index is 8.38. The van der Waals surface area contributed by atoms with E-state index in [-0.39, 0.29) is 6.61 Å². The van der Waals surface area contributed by atoms with Crippen molar-refractivity contribution in [3.63, 3.8) is 0 Å². The summed E-state index contributed by atoms with van der Waals surface area (Å²) >= 11 is 2.24. The van der Waals surface area contributed by atoms with Crippen LogP contribution in [-0.4, -0.2) is 11.7 Å². The average Bonchev–Trinajstić information content (AvgIpc) is 1.68. The highest BCUT2D eigenvalue weighted by Gasteiger charge is 1.84. The third kappa shape index (κ3) is 4.59. The summed E-state index contributed by atoms with van der Waals surface area (Å²) in [6.45, 7) is 2.31. The summed E-state index contributed by atoms with van der Waals surface area (Å²) in [5, 5.41) is 8.38. The van der Waals surface area contributed by atoms with Gasteiger partial charge in [0.05, 0.1) is 6.61 Å². The van der Waals surface area contributed by atoms with Gasteiger partial charge in [0, 0.05) is 0 Å². The van der Waals surface area contributed by atoms with E-state index < -0.39 is 0 Å². The summed E-state index contributed by atoms with van der Waals surface area (Å²) < 4.78 is 1.26. The van der Waals surface area contributed by atoms with Crippen LogP contribution in [-0.2, 0) is 0 Å². The van der Waals surface area contributed by atoms with Crippen LogP contribution in [0.5, 0.6) is 0 Å². The summed E-state index contributed by atoms with van der Waals surface area (Å²) in [5.74, 6) is 0. The van der Waals surface area contributed by atoms with Crippen LogP contribution >= 0.6 is 22.6 Å². The van der Waals surface area contributed by atoms with Crippen molar-refractivity contribution in [3.05, 3.63) is 9.66 Å². The first-order valence-electron chi connectivity index (χ1n) is 2.76. The molecular weight excluding hydrogens is 215 g/mol. The van der Waals surface area contributed by atoms with E-state index in [2.05, 4.69) is 29.5 Å². The molecule has 2 heteroatoms. The van der Waals surface area contributed by atoms with Crippen LogP contribution in [0.3, 0.4) is 0 Å². The first-order chi connectivity index (χ1) is 3.81. The largest absolute Gasteiger partial charge is 0.392 e. The molecule has 0 heterocycles. The zero-order valence-electron chi connectivity index (χ0n) is 5.02. The number of hydrogen-bond acceptors (Lipinski definition) is 1. The third-order valence-corrected chi connectivity index (χ3v) is 1.78. The van der Waals surface area contributed by atoms with Gasteiger partial charge in [-0.1, -0.05) is 13.3 Å². The van der Waals surface area contributed by atoms with Gasteiger partial charge >= 0.3 is 0 Å². The van der Waals surface area contributed by atoms with Crippen LogP contribution < -0.4 is 0 Å². The minimum atomic E-state index is 0.179. The lowest BCUT2D eigenvalue weighted by molar-refractivity contribution is 0.342. The Morgan fingerprint density at radius 3 is 2.75 bits per heavy atom. The van der Waals surface area contributed by atoms with Crippen molar-refractivity contribution in [2.24, 2.45) is 0 Å². The molecule has 0 aromatic carbocycles. The summed E-state index contributed by atoms with van der Waals surface area (Å²) in [7, 11) is 0. The number of halogens is 1. The molecule has 0 spiro atoms. The Kier molecular flexibility index (Phi) is 5.86. The Balaban J connectivity index is 3.29. The average molecular weight is 226 g/mol. The van der Waals surface area contributed by atoms with E-state index in [0.717, 1.165) is 12.8 Å². The van der Waals surface area contributed by atoms with Gasteiger partial charge in [-0.3, -0.25) is 0 Å². The van der Waals surface area contributed by atoms with E-state index in [0.29, 0.717) is 0 Å². The molecule has 0 saturated heterocycles. The fourth-order valence-electron chi connectivity index (χ4n) is 0.440. The Hall–Kier alpha value is 0.430. The molecule has 1 N–H and O–H groups in total. The van der Waals surface area contributed by atoms with E-state index in [1.54, 1.807) is 0 Å². The number of hydrogen-bond donors (Lipinski definition) is 1. The molecular formula is C6H11IO. The van der Waals surface area contributed by atoms with Gasteiger partial charge in [-0.25, -0.2) is 0 Å². The zero-order valence-corrected chi connectivity index (χ0v) is 7.18. The van der Waals surface area contributed by atoms with Crippen molar-refractivity contribution < 1.29 is 5.11 Å².